The number of nitriles is 1. The Morgan fingerprint density at radius 1 is 1.25 bits per heavy atom. The molecule has 2 aliphatic rings. The third-order valence-electron chi connectivity index (χ3n) is 5.32. The normalized spacial score (nSPS) is 21.8. The molecule has 3 N–H and O–H groups in total. The lowest BCUT2D eigenvalue weighted by atomic mass is 9.85. The van der Waals surface area contributed by atoms with E-state index in [1.165, 1.54) is 32.1 Å². The van der Waals surface area contributed by atoms with Crippen LogP contribution >= 0.6 is 0 Å². The van der Waals surface area contributed by atoms with Crippen LogP contribution in [0, 0.1) is 23.7 Å². The highest BCUT2D eigenvalue weighted by molar-refractivity contribution is 5.85. The second kappa shape index (κ2) is 9.03. The van der Waals surface area contributed by atoms with Gasteiger partial charge in [-0.2, -0.15) is 5.26 Å². The molecule has 0 unspecified atom stereocenters. The molecule has 1 heterocycles. The molecule has 2 fully saturated rings. The van der Waals surface area contributed by atoms with Gasteiger partial charge in [-0.1, -0.05) is 32.1 Å². The molecule has 0 atom stereocenters. The van der Waals surface area contributed by atoms with Crippen molar-refractivity contribution >= 4 is 11.8 Å². The summed E-state index contributed by atoms with van der Waals surface area (Å²) in [6.07, 6.45) is 10.3. The van der Waals surface area contributed by atoms with Crippen LogP contribution in [0.5, 0.6) is 0 Å². The summed E-state index contributed by atoms with van der Waals surface area (Å²) >= 11 is 0. The van der Waals surface area contributed by atoms with Crippen molar-refractivity contribution in [2.45, 2.75) is 63.3 Å². The van der Waals surface area contributed by atoms with E-state index < -0.39 is 5.54 Å². The molecule has 1 saturated carbocycles. The van der Waals surface area contributed by atoms with Crippen molar-refractivity contribution in [2.24, 2.45) is 11.7 Å². The Bertz CT molecular complexity index is 472. The molecular formula is C18H29N4O2. The summed E-state index contributed by atoms with van der Waals surface area (Å²) in [4.78, 5) is 25.2. The molecule has 2 amide bonds. The Labute approximate surface area is 144 Å². The van der Waals surface area contributed by atoms with Crippen molar-refractivity contribution < 1.29 is 9.59 Å². The predicted molar refractivity (Wildman–Crippen MR) is 91.5 cm³/mol. The molecule has 1 saturated heterocycles. The van der Waals surface area contributed by atoms with Crippen LogP contribution in [0.3, 0.4) is 0 Å². The Hall–Kier alpha value is -1.61. The van der Waals surface area contributed by atoms with Crippen molar-refractivity contribution in [1.29, 1.82) is 5.26 Å². The van der Waals surface area contributed by atoms with Gasteiger partial charge >= 0.3 is 0 Å². The van der Waals surface area contributed by atoms with E-state index >= 15 is 0 Å². The van der Waals surface area contributed by atoms with Crippen LogP contribution in [0.2, 0.25) is 0 Å². The van der Waals surface area contributed by atoms with Gasteiger partial charge in [0.2, 0.25) is 11.8 Å². The number of piperidine rings is 1. The van der Waals surface area contributed by atoms with E-state index in [-0.39, 0.29) is 11.8 Å². The number of amides is 2. The lowest BCUT2D eigenvalue weighted by Gasteiger charge is -2.37. The molecule has 0 aromatic carbocycles. The fourth-order valence-corrected chi connectivity index (χ4v) is 3.67. The molecule has 1 radical (unpaired) electrons. The van der Waals surface area contributed by atoms with Crippen LogP contribution in [0.25, 0.3) is 0 Å². The number of nitrogens with two attached hydrogens (primary N) is 1. The summed E-state index contributed by atoms with van der Waals surface area (Å²) in [6.45, 7) is 2.02. The SMILES string of the molecule is N#CC1(NC(=O)[CH]CC2CCCCC2)CCN(CCC(N)=O)CC1. The number of rotatable bonds is 7. The zero-order chi connectivity index (χ0) is 17.4. The average Bonchev–Trinajstić information content (AvgIpc) is 2.60. The minimum Gasteiger partial charge on any atom is -0.370 e. The standard InChI is InChI=1S/C18H29N4O2/c19-14-18(9-12-22(13-10-18)11-8-16(20)23)21-17(24)7-6-15-4-2-1-3-5-15/h7,15H,1-6,8-13H2,(H2,20,23)(H,21,24). The highest BCUT2D eigenvalue weighted by Crippen LogP contribution is 2.27. The lowest BCUT2D eigenvalue weighted by Crippen LogP contribution is -2.54. The van der Waals surface area contributed by atoms with Gasteiger partial charge in [-0.25, -0.2) is 0 Å². The van der Waals surface area contributed by atoms with Gasteiger partial charge in [-0.05, 0) is 25.2 Å². The van der Waals surface area contributed by atoms with Crippen LogP contribution in [0.15, 0.2) is 0 Å². The zero-order valence-corrected chi connectivity index (χ0v) is 14.4. The molecule has 2 rings (SSSR count). The molecule has 6 nitrogen and oxygen atoms in total. The van der Waals surface area contributed by atoms with Gasteiger partial charge in [0, 0.05) is 32.5 Å². The number of likely N-dealkylation sites (tertiary alicyclic amines) is 1. The Morgan fingerprint density at radius 3 is 2.50 bits per heavy atom. The maximum atomic E-state index is 12.2. The smallest absolute Gasteiger partial charge is 0.225 e. The van der Waals surface area contributed by atoms with Gasteiger partial charge in [0.05, 0.1) is 6.07 Å². The Balaban J connectivity index is 1.73. The van der Waals surface area contributed by atoms with Crippen LogP contribution in [-0.4, -0.2) is 41.9 Å². The van der Waals surface area contributed by atoms with E-state index in [4.69, 9.17) is 5.73 Å². The highest BCUT2D eigenvalue weighted by Gasteiger charge is 2.36. The topological polar surface area (TPSA) is 99.2 Å². The van der Waals surface area contributed by atoms with Crippen molar-refractivity contribution in [3.8, 4) is 6.07 Å². The first-order valence-electron chi connectivity index (χ1n) is 9.10. The minimum absolute atomic E-state index is 0.118. The van der Waals surface area contributed by atoms with Crippen molar-refractivity contribution in [3.05, 3.63) is 6.42 Å². The summed E-state index contributed by atoms with van der Waals surface area (Å²) in [5.74, 6) is 0.198. The minimum atomic E-state index is -0.774. The Kier molecular flexibility index (Phi) is 7.04. The van der Waals surface area contributed by atoms with Gasteiger partial charge in [0.25, 0.3) is 0 Å². The maximum absolute atomic E-state index is 12.2. The van der Waals surface area contributed by atoms with Gasteiger partial charge < -0.3 is 16.0 Å². The largest absolute Gasteiger partial charge is 0.370 e. The van der Waals surface area contributed by atoms with Crippen molar-refractivity contribution in [1.82, 2.24) is 10.2 Å². The summed E-state index contributed by atoms with van der Waals surface area (Å²) in [5.41, 5.74) is 4.40. The number of primary amides is 1. The number of hydrogen-bond acceptors (Lipinski definition) is 4. The number of hydrogen-bond donors (Lipinski definition) is 2. The van der Waals surface area contributed by atoms with Gasteiger partial charge in [0.1, 0.15) is 5.54 Å². The first kappa shape index (κ1) is 18.7. The summed E-state index contributed by atoms with van der Waals surface area (Å²) in [7, 11) is 0. The van der Waals surface area contributed by atoms with Crippen LogP contribution < -0.4 is 11.1 Å². The molecule has 6 heteroatoms. The second-order valence-electron chi connectivity index (χ2n) is 7.18. The van der Waals surface area contributed by atoms with Crippen molar-refractivity contribution in [2.75, 3.05) is 19.6 Å². The molecule has 0 aromatic rings. The third kappa shape index (κ3) is 5.79. The molecule has 0 spiro atoms. The highest BCUT2D eigenvalue weighted by atomic mass is 16.2. The van der Waals surface area contributed by atoms with E-state index in [1.807, 2.05) is 0 Å². The van der Waals surface area contributed by atoms with E-state index in [9.17, 15) is 14.9 Å². The van der Waals surface area contributed by atoms with Crippen LogP contribution in [-0.2, 0) is 9.59 Å². The maximum Gasteiger partial charge on any atom is 0.225 e. The lowest BCUT2D eigenvalue weighted by molar-refractivity contribution is -0.120. The van der Waals surface area contributed by atoms with Gasteiger partial charge in [0.15, 0.2) is 0 Å². The number of nitrogens with zero attached hydrogens (tertiary/aromatic N) is 2. The molecule has 133 valence electrons. The first-order chi connectivity index (χ1) is 11.5. The summed E-state index contributed by atoms with van der Waals surface area (Å²) < 4.78 is 0. The fraction of sp³-hybridized carbons (Fsp3) is 0.778. The fourth-order valence-electron chi connectivity index (χ4n) is 3.67. The summed E-state index contributed by atoms with van der Waals surface area (Å²) in [6, 6.07) is 2.30. The molecule has 0 aromatic heterocycles. The molecule has 24 heavy (non-hydrogen) atoms. The van der Waals surface area contributed by atoms with E-state index in [0.29, 0.717) is 44.8 Å². The predicted octanol–water partition coefficient (Wildman–Crippen LogP) is 1.51. The molecular weight excluding hydrogens is 304 g/mol. The molecule has 1 aliphatic heterocycles. The quantitative estimate of drug-likeness (QED) is 0.737. The average molecular weight is 333 g/mol. The number of carbonyl (C=O) groups excluding carboxylic acids is 2. The van der Waals surface area contributed by atoms with Gasteiger partial charge in [-0.15, -0.1) is 0 Å². The van der Waals surface area contributed by atoms with E-state index in [1.54, 1.807) is 6.42 Å². The van der Waals surface area contributed by atoms with E-state index in [2.05, 4.69) is 16.3 Å². The second-order valence-corrected chi connectivity index (χ2v) is 7.18. The third-order valence-corrected chi connectivity index (χ3v) is 5.32. The zero-order valence-electron chi connectivity index (χ0n) is 14.4. The number of carbonyl (C=O) groups is 2. The number of nitrogens with one attached hydrogen (secondary N) is 1. The summed E-state index contributed by atoms with van der Waals surface area (Å²) in [5, 5.41) is 12.5. The van der Waals surface area contributed by atoms with E-state index in [0.717, 1.165) is 6.42 Å². The monoisotopic (exact) mass is 333 g/mol. The first-order valence-corrected chi connectivity index (χ1v) is 9.10. The van der Waals surface area contributed by atoms with Crippen LogP contribution in [0.4, 0.5) is 0 Å². The van der Waals surface area contributed by atoms with Crippen molar-refractivity contribution in [3.63, 3.8) is 0 Å². The molecule has 1 aliphatic carbocycles. The van der Waals surface area contributed by atoms with Gasteiger partial charge in [-0.3, -0.25) is 9.59 Å². The van der Waals surface area contributed by atoms with Crippen LogP contribution in [0.1, 0.15) is 57.8 Å². The molecule has 0 bridgehead atoms. The Morgan fingerprint density at radius 2 is 1.92 bits per heavy atom.